The first-order valence-electron chi connectivity index (χ1n) is 8.63. The summed E-state index contributed by atoms with van der Waals surface area (Å²) in [5, 5.41) is 2.52. The maximum Gasteiger partial charge on any atom is 0.269 e. The van der Waals surface area contributed by atoms with Crippen LogP contribution in [0.4, 0.5) is 0 Å². The molecule has 0 radical (unpaired) electrons. The Morgan fingerprint density at radius 3 is 2.84 bits per heavy atom. The Balaban J connectivity index is 1.72. The minimum atomic E-state index is -0.260. The number of imidazole rings is 1. The van der Waals surface area contributed by atoms with Crippen LogP contribution in [0, 0.1) is 0 Å². The zero-order chi connectivity index (χ0) is 17.8. The van der Waals surface area contributed by atoms with Crippen molar-refractivity contribution in [3.05, 3.63) is 47.8 Å². The first kappa shape index (κ1) is 17.1. The molecule has 0 unspecified atom stereocenters. The van der Waals surface area contributed by atoms with Crippen molar-refractivity contribution in [2.45, 2.75) is 32.2 Å². The number of amides is 2. The smallest absolute Gasteiger partial charge is 0.269 e. The van der Waals surface area contributed by atoms with Gasteiger partial charge in [-0.1, -0.05) is 6.92 Å². The standard InChI is InChI=1S/C18H23N5O2/c1-3-16-20-8-10-23(16)14-5-4-9-22(12-14)18(25)13-6-7-15(21-11-13)17(24)19-2/h6-8,10-11,14H,3-5,9,12H2,1-2H3,(H,19,24)/t14-/m0/s1. The van der Waals surface area contributed by atoms with Crippen LogP contribution in [0.5, 0.6) is 0 Å². The Morgan fingerprint density at radius 1 is 1.32 bits per heavy atom. The molecular formula is C18H23N5O2. The number of nitrogens with zero attached hydrogens (tertiary/aromatic N) is 4. The lowest BCUT2D eigenvalue weighted by Crippen LogP contribution is -2.41. The van der Waals surface area contributed by atoms with Gasteiger partial charge in [-0.25, -0.2) is 4.98 Å². The van der Waals surface area contributed by atoms with E-state index in [0.29, 0.717) is 17.8 Å². The molecule has 0 aromatic carbocycles. The van der Waals surface area contributed by atoms with E-state index in [4.69, 9.17) is 0 Å². The second kappa shape index (κ2) is 7.46. The van der Waals surface area contributed by atoms with Crippen LogP contribution in [0.1, 0.15) is 52.5 Å². The van der Waals surface area contributed by atoms with Crippen molar-refractivity contribution in [3.63, 3.8) is 0 Å². The average Bonchev–Trinajstić information content (AvgIpc) is 3.16. The fourth-order valence-electron chi connectivity index (χ4n) is 3.28. The van der Waals surface area contributed by atoms with Crippen molar-refractivity contribution in [2.75, 3.05) is 20.1 Å². The van der Waals surface area contributed by atoms with Crippen LogP contribution >= 0.6 is 0 Å². The third-order valence-corrected chi connectivity index (χ3v) is 4.61. The summed E-state index contributed by atoms with van der Waals surface area (Å²) in [5.74, 6) is 0.749. The number of rotatable bonds is 4. The zero-order valence-electron chi connectivity index (χ0n) is 14.6. The van der Waals surface area contributed by atoms with Crippen molar-refractivity contribution in [3.8, 4) is 0 Å². The number of pyridine rings is 1. The van der Waals surface area contributed by atoms with E-state index in [1.54, 1.807) is 19.2 Å². The van der Waals surface area contributed by atoms with Crippen LogP contribution in [-0.4, -0.2) is 51.4 Å². The van der Waals surface area contributed by atoms with Crippen molar-refractivity contribution < 1.29 is 9.59 Å². The molecule has 1 saturated heterocycles. The van der Waals surface area contributed by atoms with Gasteiger partial charge in [-0.15, -0.1) is 0 Å². The van der Waals surface area contributed by atoms with Gasteiger partial charge in [0.05, 0.1) is 11.6 Å². The molecule has 3 rings (SSSR count). The van der Waals surface area contributed by atoms with Crippen molar-refractivity contribution in [1.82, 2.24) is 24.8 Å². The number of likely N-dealkylation sites (tertiary alicyclic amines) is 1. The molecule has 1 atom stereocenters. The number of carbonyl (C=O) groups excluding carboxylic acids is 2. The molecule has 7 heteroatoms. The number of aryl methyl sites for hydroxylation is 1. The Hall–Kier alpha value is -2.70. The van der Waals surface area contributed by atoms with E-state index < -0.39 is 0 Å². The molecule has 0 aliphatic carbocycles. The normalized spacial score (nSPS) is 17.4. The van der Waals surface area contributed by atoms with Gasteiger partial charge in [0.1, 0.15) is 11.5 Å². The predicted octanol–water partition coefficient (Wildman–Crippen LogP) is 1.68. The van der Waals surface area contributed by atoms with Crippen molar-refractivity contribution >= 4 is 11.8 Å². The van der Waals surface area contributed by atoms with E-state index in [9.17, 15) is 9.59 Å². The molecule has 25 heavy (non-hydrogen) atoms. The molecule has 2 aromatic rings. The van der Waals surface area contributed by atoms with Gasteiger partial charge in [0.15, 0.2) is 0 Å². The highest BCUT2D eigenvalue weighted by molar-refractivity contribution is 5.96. The summed E-state index contributed by atoms with van der Waals surface area (Å²) in [6.45, 7) is 3.49. The van der Waals surface area contributed by atoms with E-state index in [2.05, 4.69) is 26.8 Å². The number of aromatic nitrogens is 3. The van der Waals surface area contributed by atoms with Crippen LogP contribution in [0.3, 0.4) is 0 Å². The van der Waals surface area contributed by atoms with Crippen LogP contribution < -0.4 is 5.32 Å². The van der Waals surface area contributed by atoms with Crippen molar-refractivity contribution in [2.24, 2.45) is 0 Å². The number of hydrogen-bond donors (Lipinski definition) is 1. The molecule has 0 bridgehead atoms. The molecule has 2 aromatic heterocycles. The minimum Gasteiger partial charge on any atom is -0.354 e. The molecule has 1 aliphatic rings. The highest BCUT2D eigenvalue weighted by atomic mass is 16.2. The van der Waals surface area contributed by atoms with E-state index in [-0.39, 0.29) is 17.9 Å². The summed E-state index contributed by atoms with van der Waals surface area (Å²) in [5.41, 5.74) is 0.816. The fraction of sp³-hybridized carbons (Fsp3) is 0.444. The third-order valence-electron chi connectivity index (χ3n) is 4.61. The molecule has 0 spiro atoms. The maximum absolute atomic E-state index is 12.8. The summed E-state index contributed by atoms with van der Waals surface area (Å²) in [4.78, 5) is 34.7. The van der Waals surface area contributed by atoms with Gasteiger partial charge in [0.25, 0.3) is 11.8 Å². The van der Waals surface area contributed by atoms with Crippen LogP contribution in [-0.2, 0) is 6.42 Å². The zero-order valence-corrected chi connectivity index (χ0v) is 14.6. The largest absolute Gasteiger partial charge is 0.354 e. The van der Waals surface area contributed by atoms with Crippen LogP contribution in [0.2, 0.25) is 0 Å². The lowest BCUT2D eigenvalue weighted by molar-refractivity contribution is 0.0677. The van der Waals surface area contributed by atoms with Crippen LogP contribution in [0.15, 0.2) is 30.7 Å². The summed E-state index contributed by atoms with van der Waals surface area (Å²) < 4.78 is 2.19. The molecule has 2 amide bonds. The number of piperidine rings is 1. The Bertz CT molecular complexity index is 753. The van der Waals surface area contributed by atoms with E-state index >= 15 is 0 Å². The van der Waals surface area contributed by atoms with E-state index in [1.807, 2.05) is 17.3 Å². The molecule has 0 saturated carbocycles. The average molecular weight is 341 g/mol. The van der Waals surface area contributed by atoms with Gasteiger partial charge >= 0.3 is 0 Å². The second-order valence-electron chi connectivity index (χ2n) is 6.16. The first-order valence-corrected chi connectivity index (χ1v) is 8.63. The fourth-order valence-corrected chi connectivity index (χ4v) is 3.28. The molecule has 1 N–H and O–H groups in total. The van der Waals surface area contributed by atoms with Gasteiger partial charge in [-0.3, -0.25) is 14.6 Å². The lowest BCUT2D eigenvalue weighted by atomic mass is 10.0. The molecule has 7 nitrogen and oxygen atoms in total. The summed E-state index contributed by atoms with van der Waals surface area (Å²) in [6.07, 6.45) is 8.17. The Morgan fingerprint density at radius 2 is 2.16 bits per heavy atom. The second-order valence-corrected chi connectivity index (χ2v) is 6.16. The number of hydrogen-bond acceptors (Lipinski definition) is 4. The number of carbonyl (C=O) groups is 2. The monoisotopic (exact) mass is 341 g/mol. The Kier molecular flexibility index (Phi) is 5.11. The SMILES string of the molecule is CCc1nccn1[C@H]1CCCN(C(=O)c2ccc(C(=O)NC)nc2)C1. The van der Waals surface area contributed by atoms with Gasteiger partial charge in [-0.2, -0.15) is 0 Å². The molecule has 132 valence electrons. The molecule has 1 aliphatic heterocycles. The van der Waals surface area contributed by atoms with Crippen LogP contribution in [0.25, 0.3) is 0 Å². The number of nitrogens with one attached hydrogen (secondary N) is 1. The quantitative estimate of drug-likeness (QED) is 0.917. The Labute approximate surface area is 147 Å². The highest BCUT2D eigenvalue weighted by Gasteiger charge is 2.26. The summed E-state index contributed by atoms with van der Waals surface area (Å²) in [6, 6.07) is 3.50. The van der Waals surface area contributed by atoms with Gasteiger partial charge in [0, 0.05) is 45.1 Å². The van der Waals surface area contributed by atoms with Gasteiger partial charge in [-0.05, 0) is 25.0 Å². The minimum absolute atomic E-state index is 0.0428. The van der Waals surface area contributed by atoms with Crippen molar-refractivity contribution in [1.29, 1.82) is 0 Å². The highest BCUT2D eigenvalue weighted by Crippen LogP contribution is 2.24. The first-order chi connectivity index (χ1) is 12.1. The molecule has 1 fully saturated rings. The summed E-state index contributed by atoms with van der Waals surface area (Å²) in [7, 11) is 1.55. The maximum atomic E-state index is 12.8. The molecule has 3 heterocycles. The topological polar surface area (TPSA) is 80.1 Å². The predicted molar refractivity (Wildman–Crippen MR) is 93.4 cm³/mol. The van der Waals surface area contributed by atoms with E-state index in [0.717, 1.165) is 31.6 Å². The third kappa shape index (κ3) is 3.55. The molecular weight excluding hydrogens is 318 g/mol. The van der Waals surface area contributed by atoms with E-state index in [1.165, 1.54) is 6.20 Å². The lowest BCUT2D eigenvalue weighted by Gasteiger charge is -2.34. The van der Waals surface area contributed by atoms with Gasteiger partial charge < -0.3 is 14.8 Å². The summed E-state index contributed by atoms with van der Waals surface area (Å²) >= 11 is 0. The van der Waals surface area contributed by atoms with Gasteiger partial charge in [0.2, 0.25) is 0 Å².